The van der Waals surface area contributed by atoms with Gasteiger partial charge in [0.05, 0.1) is 5.41 Å². The first-order chi connectivity index (χ1) is 13.2. The van der Waals surface area contributed by atoms with Crippen LogP contribution in [-0.2, 0) is 10.2 Å². The fraction of sp³-hybridized carbons (Fsp3) is 0.409. The summed E-state index contributed by atoms with van der Waals surface area (Å²) < 4.78 is 17.0. The minimum atomic E-state index is -0.358. The molecule has 5 heteroatoms. The minimum absolute atomic E-state index is 0.0506. The standard InChI is InChI=1S/C22H23NO4/c1-2-3-6-9-23-13-22(15-7-4-5-8-17(15)23)14-26-18-11-19-20(10-16(18)22)27-21(24)12-25-19/h4-5,7-8,10-11H,2-3,6,9,12-14H2,1H3/t22-/m1/s1. The highest BCUT2D eigenvalue weighted by Crippen LogP contribution is 2.54. The van der Waals surface area contributed by atoms with E-state index >= 15 is 0 Å². The number of fused-ring (bicyclic) bond motifs is 5. The zero-order valence-electron chi connectivity index (χ0n) is 15.5. The summed E-state index contributed by atoms with van der Waals surface area (Å²) >= 11 is 0. The molecule has 0 saturated heterocycles. The highest BCUT2D eigenvalue weighted by atomic mass is 16.6. The maximum atomic E-state index is 11.6. The number of para-hydroxylation sites is 1. The number of nitrogens with zero attached hydrogens (tertiary/aromatic N) is 1. The van der Waals surface area contributed by atoms with Crippen molar-refractivity contribution in [2.24, 2.45) is 0 Å². The molecule has 0 N–H and O–H groups in total. The van der Waals surface area contributed by atoms with Crippen LogP contribution in [0, 0.1) is 0 Å². The third kappa shape index (κ3) is 2.48. The summed E-state index contributed by atoms with van der Waals surface area (Å²) in [5.41, 5.74) is 3.45. The summed E-state index contributed by atoms with van der Waals surface area (Å²) in [4.78, 5) is 14.1. The van der Waals surface area contributed by atoms with Crippen LogP contribution in [0.1, 0.15) is 37.3 Å². The molecule has 5 nitrogen and oxygen atoms in total. The quantitative estimate of drug-likeness (QED) is 0.470. The normalized spacial score (nSPS) is 22.0. The maximum absolute atomic E-state index is 11.6. The van der Waals surface area contributed by atoms with Crippen LogP contribution in [-0.4, -0.2) is 32.3 Å². The summed E-state index contributed by atoms with van der Waals surface area (Å²) in [5.74, 6) is 1.55. The number of hydrogen-bond donors (Lipinski definition) is 0. The zero-order chi connectivity index (χ0) is 18.4. The number of esters is 1. The van der Waals surface area contributed by atoms with Crippen molar-refractivity contribution in [1.29, 1.82) is 0 Å². The Kier molecular flexibility index (Phi) is 3.78. The molecule has 0 aromatic heterocycles. The van der Waals surface area contributed by atoms with E-state index in [2.05, 4.69) is 36.1 Å². The van der Waals surface area contributed by atoms with E-state index in [0.29, 0.717) is 18.1 Å². The molecule has 5 rings (SSSR count). The van der Waals surface area contributed by atoms with Gasteiger partial charge in [-0.2, -0.15) is 0 Å². The van der Waals surface area contributed by atoms with Crippen molar-refractivity contribution < 1.29 is 19.0 Å². The smallest absolute Gasteiger partial charge is 0.349 e. The van der Waals surface area contributed by atoms with E-state index in [1.54, 1.807) is 0 Å². The third-order valence-electron chi connectivity index (χ3n) is 5.86. The number of benzene rings is 2. The number of hydrogen-bond acceptors (Lipinski definition) is 5. The molecule has 0 amide bonds. The number of anilines is 1. The van der Waals surface area contributed by atoms with Crippen molar-refractivity contribution in [3.05, 3.63) is 47.5 Å². The molecule has 2 aromatic carbocycles. The van der Waals surface area contributed by atoms with Gasteiger partial charge < -0.3 is 19.1 Å². The molecule has 1 spiro atoms. The van der Waals surface area contributed by atoms with Crippen molar-refractivity contribution in [1.82, 2.24) is 0 Å². The highest BCUT2D eigenvalue weighted by Gasteiger charge is 2.50. The summed E-state index contributed by atoms with van der Waals surface area (Å²) in [7, 11) is 0. The zero-order valence-corrected chi connectivity index (χ0v) is 15.5. The molecule has 0 saturated carbocycles. The van der Waals surface area contributed by atoms with E-state index in [1.807, 2.05) is 12.1 Å². The molecule has 3 aliphatic heterocycles. The van der Waals surface area contributed by atoms with E-state index in [9.17, 15) is 4.79 Å². The van der Waals surface area contributed by atoms with Crippen LogP contribution in [0.2, 0.25) is 0 Å². The second-order valence-corrected chi connectivity index (χ2v) is 7.57. The number of carbonyl (C=O) groups excluding carboxylic acids is 1. The van der Waals surface area contributed by atoms with Crippen molar-refractivity contribution in [2.45, 2.75) is 31.6 Å². The van der Waals surface area contributed by atoms with E-state index < -0.39 is 0 Å². The van der Waals surface area contributed by atoms with Crippen LogP contribution in [0.25, 0.3) is 0 Å². The Morgan fingerprint density at radius 2 is 1.93 bits per heavy atom. The van der Waals surface area contributed by atoms with Gasteiger partial charge in [-0.3, -0.25) is 0 Å². The summed E-state index contributed by atoms with van der Waals surface area (Å²) in [6, 6.07) is 12.4. The SMILES string of the molecule is CCCCCN1C[C@@]2(COc3cc4c(cc32)OC(=O)CO4)c2ccccc21. The summed E-state index contributed by atoms with van der Waals surface area (Å²) in [6.45, 7) is 4.71. The molecule has 0 bridgehead atoms. The molecule has 140 valence electrons. The monoisotopic (exact) mass is 365 g/mol. The van der Waals surface area contributed by atoms with Gasteiger partial charge >= 0.3 is 5.97 Å². The molecule has 0 radical (unpaired) electrons. The summed E-state index contributed by atoms with van der Waals surface area (Å²) in [6.07, 6.45) is 3.63. The Labute approximate surface area is 158 Å². The summed E-state index contributed by atoms with van der Waals surface area (Å²) in [5, 5.41) is 0. The first-order valence-corrected chi connectivity index (χ1v) is 9.70. The van der Waals surface area contributed by atoms with Crippen LogP contribution in [0.4, 0.5) is 5.69 Å². The predicted octanol–water partition coefficient (Wildman–Crippen LogP) is 3.67. The lowest BCUT2D eigenvalue weighted by molar-refractivity contribution is -0.138. The van der Waals surface area contributed by atoms with Crippen LogP contribution >= 0.6 is 0 Å². The number of ether oxygens (including phenoxy) is 3. The molecule has 0 fully saturated rings. The molecule has 1 atom stereocenters. The fourth-order valence-corrected chi connectivity index (χ4v) is 4.55. The lowest BCUT2D eigenvalue weighted by atomic mass is 9.77. The van der Waals surface area contributed by atoms with E-state index in [-0.39, 0.29) is 18.0 Å². The first kappa shape index (κ1) is 16.5. The van der Waals surface area contributed by atoms with Crippen molar-refractivity contribution in [3.8, 4) is 17.2 Å². The Bertz CT molecular complexity index is 909. The maximum Gasteiger partial charge on any atom is 0.349 e. The first-order valence-electron chi connectivity index (χ1n) is 9.70. The predicted molar refractivity (Wildman–Crippen MR) is 102 cm³/mol. The van der Waals surface area contributed by atoms with Crippen LogP contribution in [0.3, 0.4) is 0 Å². The van der Waals surface area contributed by atoms with Gasteiger partial charge in [0.15, 0.2) is 18.1 Å². The molecule has 3 aliphatic rings. The molecular weight excluding hydrogens is 342 g/mol. The van der Waals surface area contributed by atoms with E-state index in [0.717, 1.165) is 24.4 Å². The van der Waals surface area contributed by atoms with Gasteiger partial charge in [0.2, 0.25) is 0 Å². The third-order valence-corrected chi connectivity index (χ3v) is 5.86. The molecule has 3 heterocycles. The molecule has 0 aliphatic carbocycles. The van der Waals surface area contributed by atoms with E-state index in [4.69, 9.17) is 14.2 Å². The van der Waals surface area contributed by atoms with Crippen LogP contribution < -0.4 is 19.1 Å². The number of rotatable bonds is 4. The Morgan fingerprint density at radius 1 is 1.04 bits per heavy atom. The van der Waals surface area contributed by atoms with Crippen molar-refractivity contribution >= 4 is 11.7 Å². The van der Waals surface area contributed by atoms with Crippen molar-refractivity contribution in [3.63, 3.8) is 0 Å². The van der Waals surface area contributed by atoms with Crippen LogP contribution in [0.15, 0.2) is 36.4 Å². The molecule has 27 heavy (non-hydrogen) atoms. The van der Waals surface area contributed by atoms with Gasteiger partial charge in [-0.25, -0.2) is 4.79 Å². The van der Waals surface area contributed by atoms with Gasteiger partial charge in [-0.05, 0) is 24.1 Å². The van der Waals surface area contributed by atoms with Crippen LogP contribution in [0.5, 0.6) is 17.2 Å². The second kappa shape index (κ2) is 6.19. The van der Waals surface area contributed by atoms with Gasteiger partial charge in [-0.15, -0.1) is 0 Å². The average molecular weight is 365 g/mol. The Hall–Kier alpha value is -2.69. The average Bonchev–Trinajstić information content (AvgIpc) is 3.20. The van der Waals surface area contributed by atoms with Crippen molar-refractivity contribution in [2.75, 3.05) is 31.2 Å². The van der Waals surface area contributed by atoms with Gasteiger partial charge in [0.1, 0.15) is 12.4 Å². The van der Waals surface area contributed by atoms with Gasteiger partial charge in [-0.1, -0.05) is 38.0 Å². The molecule has 0 unspecified atom stereocenters. The topological polar surface area (TPSA) is 48.0 Å². The second-order valence-electron chi connectivity index (χ2n) is 7.57. The fourth-order valence-electron chi connectivity index (χ4n) is 4.55. The Morgan fingerprint density at radius 3 is 2.81 bits per heavy atom. The number of carbonyl (C=O) groups is 1. The Balaban J connectivity index is 1.57. The highest BCUT2D eigenvalue weighted by molar-refractivity contribution is 5.78. The van der Waals surface area contributed by atoms with E-state index in [1.165, 1.54) is 30.5 Å². The minimum Gasteiger partial charge on any atom is -0.492 e. The molecule has 2 aromatic rings. The van der Waals surface area contributed by atoms with Gasteiger partial charge in [0.25, 0.3) is 0 Å². The van der Waals surface area contributed by atoms with Gasteiger partial charge in [0, 0.05) is 30.4 Å². The lowest BCUT2D eigenvalue weighted by Gasteiger charge is -2.26. The largest absolute Gasteiger partial charge is 0.492 e. The lowest BCUT2D eigenvalue weighted by Crippen LogP contribution is -2.36. The molecular formula is C22H23NO4. The number of unbranched alkanes of at least 4 members (excludes halogenated alkanes) is 2.